The molecule has 2 aliphatic heterocycles. The maximum atomic E-state index is 11.7. The minimum absolute atomic E-state index is 0.232. The third-order valence-electron chi connectivity index (χ3n) is 4.06. The first kappa shape index (κ1) is 13.5. The van der Waals surface area contributed by atoms with Crippen molar-refractivity contribution in [3.05, 3.63) is 21.9 Å². The molecule has 3 N–H and O–H groups in total. The highest BCUT2D eigenvalue weighted by Crippen LogP contribution is 2.25. The van der Waals surface area contributed by atoms with Crippen molar-refractivity contribution in [2.24, 2.45) is 5.84 Å². The molecule has 0 aromatic carbocycles. The van der Waals surface area contributed by atoms with Crippen LogP contribution in [0.1, 0.15) is 28.1 Å². The van der Waals surface area contributed by atoms with E-state index >= 15 is 0 Å². The van der Waals surface area contributed by atoms with Crippen molar-refractivity contribution in [3.63, 3.8) is 0 Å². The van der Waals surface area contributed by atoms with Crippen molar-refractivity contribution >= 4 is 23.2 Å². The van der Waals surface area contributed by atoms with E-state index in [1.165, 1.54) is 11.3 Å². The van der Waals surface area contributed by atoms with Crippen LogP contribution in [0.15, 0.2) is 11.4 Å². The maximum absolute atomic E-state index is 11.7. The van der Waals surface area contributed by atoms with E-state index in [2.05, 4.69) is 10.3 Å². The molecule has 2 aliphatic rings. The van der Waals surface area contributed by atoms with E-state index in [1.54, 1.807) is 0 Å². The van der Waals surface area contributed by atoms with E-state index in [0.717, 1.165) is 38.2 Å². The van der Waals surface area contributed by atoms with Crippen molar-refractivity contribution < 1.29 is 9.59 Å². The smallest absolute Gasteiger partial charge is 0.275 e. The van der Waals surface area contributed by atoms with E-state index < -0.39 is 0 Å². The topological polar surface area (TPSA) is 78.7 Å². The molecule has 2 saturated heterocycles. The molecule has 7 heteroatoms. The summed E-state index contributed by atoms with van der Waals surface area (Å²) in [5.41, 5.74) is 3.20. The standard InChI is InChI=1S/C13H18N4O2S/c14-15-13(19)12-9(3-6-20-12)7-16-4-5-17-10(8-16)1-2-11(17)18/h3,6,10H,1-2,4-5,7-8,14H2,(H,15,19). The summed E-state index contributed by atoms with van der Waals surface area (Å²) in [5.74, 6) is 5.25. The molecule has 1 unspecified atom stereocenters. The summed E-state index contributed by atoms with van der Waals surface area (Å²) < 4.78 is 0. The number of hydrogen-bond donors (Lipinski definition) is 2. The van der Waals surface area contributed by atoms with Crippen LogP contribution in [0.2, 0.25) is 0 Å². The molecule has 1 atom stereocenters. The average Bonchev–Trinajstić information content (AvgIpc) is 3.05. The summed E-state index contributed by atoms with van der Waals surface area (Å²) in [7, 11) is 0. The molecule has 1 aromatic heterocycles. The summed E-state index contributed by atoms with van der Waals surface area (Å²) >= 11 is 1.41. The molecule has 3 rings (SSSR count). The van der Waals surface area contributed by atoms with E-state index in [4.69, 9.17) is 5.84 Å². The Kier molecular flexibility index (Phi) is 3.73. The summed E-state index contributed by atoms with van der Waals surface area (Å²) in [4.78, 5) is 28.3. The number of piperazine rings is 1. The summed E-state index contributed by atoms with van der Waals surface area (Å²) in [5, 5.41) is 1.91. The van der Waals surface area contributed by atoms with E-state index in [1.807, 2.05) is 16.3 Å². The van der Waals surface area contributed by atoms with E-state index in [-0.39, 0.29) is 11.8 Å². The second kappa shape index (κ2) is 5.51. The molecular formula is C13H18N4O2S. The minimum Gasteiger partial charge on any atom is -0.337 e. The fourth-order valence-corrected chi connectivity index (χ4v) is 3.86. The van der Waals surface area contributed by atoms with Crippen LogP contribution in [0.4, 0.5) is 0 Å². The van der Waals surface area contributed by atoms with Gasteiger partial charge in [0, 0.05) is 38.6 Å². The van der Waals surface area contributed by atoms with Gasteiger partial charge in [0.05, 0.1) is 4.88 Å². The lowest BCUT2D eigenvalue weighted by atomic mass is 10.1. The van der Waals surface area contributed by atoms with Gasteiger partial charge in [-0.05, 0) is 23.4 Å². The first-order valence-electron chi connectivity index (χ1n) is 6.78. The molecule has 2 fully saturated rings. The summed E-state index contributed by atoms with van der Waals surface area (Å²) in [6.07, 6.45) is 1.63. The molecule has 108 valence electrons. The highest BCUT2D eigenvalue weighted by molar-refractivity contribution is 7.12. The molecule has 0 radical (unpaired) electrons. The molecule has 0 aliphatic carbocycles. The highest BCUT2D eigenvalue weighted by Gasteiger charge is 2.35. The first-order chi connectivity index (χ1) is 9.69. The number of hydrazine groups is 1. The predicted octanol–water partition coefficient (Wildman–Crippen LogP) is 0.158. The Hall–Kier alpha value is -1.44. The summed E-state index contributed by atoms with van der Waals surface area (Å²) in [6.45, 7) is 3.30. The lowest BCUT2D eigenvalue weighted by molar-refractivity contribution is -0.130. The molecule has 1 aromatic rings. The van der Waals surface area contributed by atoms with Crippen LogP contribution < -0.4 is 11.3 Å². The number of nitrogens with two attached hydrogens (primary N) is 1. The number of nitrogen functional groups attached to an aromatic ring is 1. The Morgan fingerprint density at radius 2 is 2.35 bits per heavy atom. The summed E-state index contributed by atoms with van der Waals surface area (Å²) in [6, 6.07) is 2.32. The third-order valence-corrected chi connectivity index (χ3v) is 5.01. The van der Waals surface area contributed by atoms with Gasteiger partial charge in [0.1, 0.15) is 0 Å². The number of carbonyl (C=O) groups excluding carboxylic acids is 2. The zero-order valence-corrected chi connectivity index (χ0v) is 12.0. The number of nitrogens with zero attached hydrogens (tertiary/aromatic N) is 2. The lowest BCUT2D eigenvalue weighted by Crippen LogP contribution is -2.51. The quantitative estimate of drug-likeness (QED) is 0.473. The van der Waals surface area contributed by atoms with E-state index in [0.29, 0.717) is 17.3 Å². The number of fused-ring (bicyclic) bond motifs is 1. The number of rotatable bonds is 3. The number of hydrogen-bond acceptors (Lipinski definition) is 5. The SMILES string of the molecule is NNC(=O)c1sccc1CN1CCN2C(=O)CCC2C1. The van der Waals surface area contributed by atoms with Crippen LogP contribution in [0.25, 0.3) is 0 Å². The van der Waals surface area contributed by atoms with Gasteiger partial charge < -0.3 is 4.90 Å². The Balaban J connectivity index is 1.66. The zero-order valence-electron chi connectivity index (χ0n) is 11.2. The number of thiophene rings is 1. The molecule has 3 heterocycles. The Bertz CT molecular complexity index is 530. The monoisotopic (exact) mass is 294 g/mol. The average molecular weight is 294 g/mol. The fourth-order valence-electron chi connectivity index (χ4n) is 3.04. The van der Waals surface area contributed by atoms with Crippen molar-refractivity contribution in [2.75, 3.05) is 19.6 Å². The highest BCUT2D eigenvalue weighted by atomic mass is 32.1. The van der Waals surface area contributed by atoms with Gasteiger partial charge in [-0.3, -0.25) is 19.9 Å². The van der Waals surface area contributed by atoms with Crippen molar-refractivity contribution in [1.82, 2.24) is 15.2 Å². The molecule has 0 bridgehead atoms. The van der Waals surface area contributed by atoms with Gasteiger partial charge in [-0.2, -0.15) is 0 Å². The number of carbonyl (C=O) groups is 2. The molecule has 20 heavy (non-hydrogen) atoms. The Labute approximate surface area is 121 Å². The minimum atomic E-state index is -0.232. The maximum Gasteiger partial charge on any atom is 0.275 e. The van der Waals surface area contributed by atoms with Gasteiger partial charge in [-0.1, -0.05) is 0 Å². The van der Waals surface area contributed by atoms with Gasteiger partial charge in [0.2, 0.25) is 5.91 Å². The molecule has 2 amide bonds. The van der Waals surface area contributed by atoms with Crippen molar-refractivity contribution in [3.8, 4) is 0 Å². The molecule has 6 nitrogen and oxygen atoms in total. The Morgan fingerprint density at radius 1 is 1.50 bits per heavy atom. The number of amides is 2. The van der Waals surface area contributed by atoms with Crippen LogP contribution in [-0.2, 0) is 11.3 Å². The van der Waals surface area contributed by atoms with Crippen molar-refractivity contribution in [1.29, 1.82) is 0 Å². The normalized spacial score (nSPS) is 22.9. The fraction of sp³-hybridized carbons (Fsp3) is 0.538. The molecular weight excluding hydrogens is 276 g/mol. The second-order valence-electron chi connectivity index (χ2n) is 5.26. The zero-order chi connectivity index (χ0) is 14.1. The lowest BCUT2D eigenvalue weighted by Gasteiger charge is -2.37. The van der Waals surface area contributed by atoms with Gasteiger partial charge in [-0.15, -0.1) is 11.3 Å². The van der Waals surface area contributed by atoms with Gasteiger partial charge in [0.25, 0.3) is 5.91 Å². The number of nitrogens with one attached hydrogen (secondary N) is 1. The first-order valence-corrected chi connectivity index (χ1v) is 7.66. The molecule has 0 spiro atoms. The van der Waals surface area contributed by atoms with E-state index in [9.17, 15) is 9.59 Å². The predicted molar refractivity (Wildman–Crippen MR) is 76.0 cm³/mol. The van der Waals surface area contributed by atoms with Crippen LogP contribution in [-0.4, -0.2) is 47.3 Å². The van der Waals surface area contributed by atoms with Gasteiger partial charge >= 0.3 is 0 Å². The van der Waals surface area contributed by atoms with Gasteiger partial charge in [-0.25, -0.2) is 5.84 Å². The van der Waals surface area contributed by atoms with Crippen LogP contribution >= 0.6 is 11.3 Å². The van der Waals surface area contributed by atoms with Crippen LogP contribution in [0.3, 0.4) is 0 Å². The van der Waals surface area contributed by atoms with Crippen LogP contribution in [0, 0.1) is 0 Å². The molecule has 0 saturated carbocycles. The second-order valence-corrected chi connectivity index (χ2v) is 6.18. The van der Waals surface area contributed by atoms with Gasteiger partial charge in [0.15, 0.2) is 0 Å². The third kappa shape index (κ3) is 2.44. The largest absolute Gasteiger partial charge is 0.337 e. The van der Waals surface area contributed by atoms with Crippen LogP contribution in [0.5, 0.6) is 0 Å². The van der Waals surface area contributed by atoms with Crippen molar-refractivity contribution in [2.45, 2.75) is 25.4 Å². The Morgan fingerprint density at radius 3 is 3.15 bits per heavy atom.